The summed E-state index contributed by atoms with van der Waals surface area (Å²) in [5.41, 5.74) is 1.01. The largest absolute Gasteiger partial charge is 0.494 e. The van der Waals surface area contributed by atoms with Gasteiger partial charge in [0.05, 0.1) is 23.9 Å². The average molecular weight is 550 g/mol. The normalized spacial score (nSPS) is 10.7. The van der Waals surface area contributed by atoms with Crippen molar-refractivity contribution in [2.24, 2.45) is 0 Å². The summed E-state index contributed by atoms with van der Waals surface area (Å²) in [7, 11) is 1.46. The summed E-state index contributed by atoms with van der Waals surface area (Å²) >= 11 is 2.03. The molecule has 2 aromatic rings. The maximum atomic E-state index is 12.6. The molecule has 1 N–H and O–H groups in total. The molecule has 0 saturated carbocycles. The number of carbonyl (C=O) groups excluding carboxylic acids is 2. The van der Waals surface area contributed by atoms with Crippen molar-refractivity contribution in [3.05, 3.63) is 51.1 Å². The minimum Gasteiger partial charge on any atom is -0.494 e. The summed E-state index contributed by atoms with van der Waals surface area (Å²) in [6.07, 6.45) is 1.45. The molecule has 1 amide bonds. The molecule has 32 heavy (non-hydrogen) atoms. The van der Waals surface area contributed by atoms with Gasteiger partial charge in [0.2, 0.25) is 0 Å². The fraction of sp³-hybridized carbons (Fsp3) is 0.261. The first-order valence-electron chi connectivity index (χ1n) is 9.73. The third-order valence-corrected chi connectivity index (χ3v) is 4.79. The van der Waals surface area contributed by atoms with E-state index in [1.54, 1.807) is 43.3 Å². The Bertz CT molecular complexity index is 1030. The van der Waals surface area contributed by atoms with Crippen molar-refractivity contribution in [2.75, 3.05) is 32.2 Å². The number of hydrogen-bond acceptors (Lipinski definition) is 7. The van der Waals surface area contributed by atoms with Crippen LogP contribution in [-0.2, 0) is 14.3 Å². The minimum atomic E-state index is -0.548. The van der Waals surface area contributed by atoms with Gasteiger partial charge in [-0.05, 0) is 84.5 Å². The van der Waals surface area contributed by atoms with Crippen LogP contribution >= 0.6 is 22.6 Å². The Balaban J connectivity index is 2.20. The number of esters is 1. The highest BCUT2D eigenvalue weighted by Gasteiger charge is 2.15. The monoisotopic (exact) mass is 550 g/mol. The van der Waals surface area contributed by atoms with Crippen LogP contribution in [0, 0.1) is 14.9 Å². The van der Waals surface area contributed by atoms with Crippen LogP contribution < -0.4 is 19.5 Å². The summed E-state index contributed by atoms with van der Waals surface area (Å²) < 4.78 is 21.8. The quantitative estimate of drug-likeness (QED) is 0.205. The first-order valence-corrected chi connectivity index (χ1v) is 10.8. The number of benzene rings is 2. The van der Waals surface area contributed by atoms with E-state index in [1.807, 2.05) is 35.6 Å². The molecule has 0 unspecified atom stereocenters. The Hall–Kier alpha value is -3.26. The Morgan fingerprint density at radius 3 is 2.44 bits per heavy atom. The average Bonchev–Trinajstić information content (AvgIpc) is 2.78. The number of methoxy groups -OCH3 is 1. The first-order chi connectivity index (χ1) is 15.4. The van der Waals surface area contributed by atoms with Crippen molar-refractivity contribution in [3.8, 4) is 23.3 Å². The van der Waals surface area contributed by atoms with Crippen LogP contribution in [-0.4, -0.2) is 38.8 Å². The van der Waals surface area contributed by atoms with Gasteiger partial charge < -0.3 is 24.3 Å². The maximum absolute atomic E-state index is 12.6. The van der Waals surface area contributed by atoms with Gasteiger partial charge in [-0.25, -0.2) is 4.79 Å². The molecule has 9 heteroatoms. The predicted octanol–water partition coefficient (Wildman–Crippen LogP) is 4.19. The molecule has 0 aliphatic heterocycles. The fourth-order valence-electron chi connectivity index (χ4n) is 2.61. The van der Waals surface area contributed by atoms with Crippen LogP contribution in [0.25, 0.3) is 6.08 Å². The number of rotatable bonds is 10. The molecule has 0 saturated heterocycles. The lowest BCUT2D eigenvalue weighted by atomic mass is 10.1. The van der Waals surface area contributed by atoms with E-state index < -0.39 is 11.9 Å². The summed E-state index contributed by atoms with van der Waals surface area (Å²) in [6, 6.07) is 12.1. The molecular weight excluding hydrogens is 527 g/mol. The zero-order valence-corrected chi connectivity index (χ0v) is 20.1. The van der Waals surface area contributed by atoms with Gasteiger partial charge in [0.15, 0.2) is 18.1 Å². The topological polar surface area (TPSA) is 107 Å². The number of nitrogens with one attached hydrogen (secondary N) is 1. The van der Waals surface area contributed by atoms with Crippen molar-refractivity contribution in [3.63, 3.8) is 0 Å². The smallest absolute Gasteiger partial charge is 0.344 e. The van der Waals surface area contributed by atoms with Gasteiger partial charge in [-0.1, -0.05) is 0 Å². The molecule has 0 radical (unpaired) electrons. The van der Waals surface area contributed by atoms with Crippen molar-refractivity contribution < 1.29 is 28.5 Å². The van der Waals surface area contributed by atoms with Crippen molar-refractivity contribution in [1.82, 2.24) is 0 Å². The number of halogens is 1. The van der Waals surface area contributed by atoms with Gasteiger partial charge in [0.1, 0.15) is 17.4 Å². The fourth-order valence-corrected chi connectivity index (χ4v) is 3.39. The van der Waals surface area contributed by atoms with Crippen LogP contribution in [0.4, 0.5) is 5.69 Å². The molecule has 0 spiro atoms. The lowest BCUT2D eigenvalue weighted by molar-refractivity contribution is -0.145. The molecular formula is C23H23IN2O6. The molecule has 0 aromatic heterocycles. The van der Waals surface area contributed by atoms with Crippen molar-refractivity contribution in [1.29, 1.82) is 5.26 Å². The van der Waals surface area contributed by atoms with Gasteiger partial charge >= 0.3 is 5.97 Å². The van der Waals surface area contributed by atoms with E-state index in [2.05, 4.69) is 5.32 Å². The molecule has 0 fully saturated rings. The van der Waals surface area contributed by atoms with E-state index in [-0.39, 0.29) is 18.8 Å². The highest BCUT2D eigenvalue weighted by Crippen LogP contribution is 2.34. The highest BCUT2D eigenvalue weighted by molar-refractivity contribution is 14.1. The molecule has 2 rings (SSSR count). The lowest BCUT2D eigenvalue weighted by Crippen LogP contribution is -2.15. The second-order valence-corrected chi connectivity index (χ2v) is 7.37. The maximum Gasteiger partial charge on any atom is 0.344 e. The number of carbonyl (C=O) groups is 2. The van der Waals surface area contributed by atoms with E-state index in [1.165, 1.54) is 13.2 Å². The molecule has 168 valence electrons. The Labute approximate surface area is 200 Å². The van der Waals surface area contributed by atoms with Gasteiger partial charge in [-0.2, -0.15) is 5.26 Å². The van der Waals surface area contributed by atoms with Crippen LogP contribution in [0.5, 0.6) is 17.2 Å². The molecule has 0 heterocycles. The first kappa shape index (κ1) is 25.0. The number of nitriles is 1. The zero-order valence-electron chi connectivity index (χ0n) is 17.9. The minimum absolute atomic E-state index is 0.0862. The van der Waals surface area contributed by atoms with E-state index in [4.69, 9.17) is 18.9 Å². The molecule has 0 bridgehead atoms. The van der Waals surface area contributed by atoms with E-state index in [0.29, 0.717) is 38.7 Å². The van der Waals surface area contributed by atoms with E-state index in [0.717, 1.165) is 0 Å². The van der Waals surface area contributed by atoms with Gasteiger partial charge in [0, 0.05) is 5.69 Å². The second-order valence-electron chi connectivity index (χ2n) is 6.21. The van der Waals surface area contributed by atoms with Crippen LogP contribution in [0.15, 0.2) is 42.0 Å². The lowest BCUT2D eigenvalue weighted by Gasteiger charge is -2.13. The summed E-state index contributed by atoms with van der Waals surface area (Å²) in [4.78, 5) is 24.1. The summed E-state index contributed by atoms with van der Waals surface area (Å²) in [6.45, 7) is 4.14. The summed E-state index contributed by atoms with van der Waals surface area (Å²) in [5, 5.41) is 12.2. The third kappa shape index (κ3) is 7.16. The third-order valence-electron chi connectivity index (χ3n) is 3.99. The molecule has 0 atom stereocenters. The van der Waals surface area contributed by atoms with E-state index >= 15 is 0 Å². The molecule has 0 aliphatic rings. The molecule has 0 aliphatic carbocycles. The standard InChI is InChI=1S/C23H23IN2O6/c1-4-30-18-8-6-17(7-9-18)26-23(28)16(13-25)10-15-11-19(24)22(20(12-15)29-3)32-14-21(27)31-5-2/h6-12H,4-5,14H2,1-3H3,(H,26,28)/b16-10-. The molecule has 8 nitrogen and oxygen atoms in total. The number of nitrogens with zero attached hydrogens (tertiary/aromatic N) is 1. The van der Waals surface area contributed by atoms with Crippen molar-refractivity contribution >= 4 is 46.2 Å². The Kier molecular flexibility index (Phi) is 9.81. The number of anilines is 1. The number of hydrogen-bond donors (Lipinski definition) is 1. The van der Waals surface area contributed by atoms with Gasteiger partial charge in [-0.3, -0.25) is 4.79 Å². The SMILES string of the molecule is CCOC(=O)COc1c(I)cc(/C=C(/C#N)C(=O)Nc2ccc(OCC)cc2)cc1OC. The summed E-state index contributed by atoms with van der Waals surface area (Å²) in [5.74, 6) is 0.376. The second kappa shape index (κ2) is 12.6. The van der Waals surface area contributed by atoms with Crippen LogP contribution in [0.3, 0.4) is 0 Å². The zero-order chi connectivity index (χ0) is 23.5. The highest BCUT2D eigenvalue weighted by atomic mass is 127. The van der Waals surface area contributed by atoms with Gasteiger partial charge in [-0.15, -0.1) is 0 Å². The predicted molar refractivity (Wildman–Crippen MR) is 128 cm³/mol. The van der Waals surface area contributed by atoms with Crippen LogP contribution in [0.2, 0.25) is 0 Å². The van der Waals surface area contributed by atoms with Crippen molar-refractivity contribution in [2.45, 2.75) is 13.8 Å². The van der Waals surface area contributed by atoms with Crippen LogP contribution in [0.1, 0.15) is 19.4 Å². The number of ether oxygens (including phenoxy) is 4. The van der Waals surface area contributed by atoms with Gasteiger partial charge in [0.25, 0.3) is 5.91 Å². The Morgan fingerprint density at radius 1 is 1.12 bits per heavy atom. The Morgan fingerprint density at radius 2 is 1.84 bits per heavy atom. The van der Waals surface area contributed by atoms with E-state index in [9.17, 15) is 14.9 Å². The number of amides is 1. The molecule has 2 aromatic carbocycles.